The summed E-state index contributed by atoms with van der Waals surface area (Å²) in [5, 5.41) is 2.66. The van der Waals surface area contributed by atoms with Gasteiger partial charge in [0, 0.05) is 5.56 Å². The molecule has 0 aliphatic rings. The van der Waals surface area contributed by atoms with Crippen molar-refractivity contribution in [2.45, 2.75) is 39.5 Å². The number of hydrogen-bond donors (Lipinski definition) is 1. The summed E-state index contributed by atoms with van der Waals surface area (Å²) in [6.45, 7) is 2.12. The summed E-state index contributed by atoms with van der Waals surface area (Å²) in [4.78, 5) is 29.7. The highest BCUT2D eigenvalue weighted by molar-refractivity contribution is 5.97. The van der Waals surface area contributed by atoms with E-state index < -0.39 is 30.6 Å². The third-order valence-corrected chi connectivity index (χ3v) is 5.03. The largest absolute Gasteiger partial charge is 0.497 e. The summed E-state index contributed by atoms with van der Waals surface area (Å²) >= 11 is 0. The number of aromatic nitrogens is 2. The molecule has 0 aliphatic heterocycles. The van der Waals surface area contributed by atoms with Gasteiger partial charge in [0.25, 0.3) is 5.91 Å². The molecule has 0 spiro atoms. The van der Waals surface area contributed by atoms with Crippen LogP contribution in [0.4, 0.5) is 8.78 Å². The second-order valence-corrected chi connectivity index (χ2v) is 7.61. The lowest BCUT2D eigenvalue weighted by molar-refractivity contribution is -0.152. The first-order chi connectivity index (χ1) is 15.2. The molecule has 0 saturated carbocycles. The third-order valence-electron chi connectivity index (χ3n) is 5.03. The number of alkyl halides is 2. The SMILES string of the molecule is COc1ccc(C(=O)NC(C(=O)OC(C)c2nc3ccccc3n2C(F)F)C(C)C)cc1. The molecule has 1 N–H and O–H groups in total. The Morgan fingerprint density at radius 2 is 1.69 bits per heavy atom. The number of fused-ring (bicyclic) bond motifs is 1. The molecule has 170 valence electrons. The van der Waals surface area contributed by atoms with E-state index in [1.54, 1.807) is 56.3 Å². The summed E-state index contributed by atoms with van der Waals surface area (Å²) in [5.41, 5.74) is 0.962. The van der Waals surface area contributed by atoms with Gasteiger partial charge in [-0.25, -0.2) is 9.78 Å². The molecule has 1 amide bonds. The molecule has 7 nitrogen and oxygen atoms in total. The van der Waals surface area contributed by atoms with E-state index >= 15 is 0 Å². The van der Waals surface area contributed by atoms with Crippen molar-refractivity contribution in [3.8, 4) is 5.75 Å². The van der Waals surface area contributed by atoms with E-state index in [1.807, 2.05) is 0 Å². The molecule has 0 aliphatic carbocycles. The van der Waals surface area contributed by atoms with Crippen LogP contribution in [-0.2, 0) is 9.53 Å². The van der Waals surface area contributed by atoms with E-state index in [0.717, 1.165) is 4.57 Å². The maximum atomic E-state index is 13.7. The minimum Gasteiger partial charge on any atom is -0.497 e. The van der Waals surface area contributed by atoms with Gasteiger partial charge in [0.15, 0.2) is 11.9 Å². The molecule has 2 aromatic carbocycles. The Labute approximate surface area is 184 Å². The van der Waals surface area contributed by atoms with Gasteiger partial charge in [-0.15, -0.1) is 0 Å². The van der Waals surface area contributed by atoms with Gasteiger partial charge in [0.2, 0.25) is 0 Å². The van der Waals surface area contributed by atoms with Crippen LogP contribution < -0.4 is 10.1 Å². The lowest BCUT2D eigenvalue weighted by Crippen LogP contribution is -2.45. The van der Waals surface area contributed by atoms with Crippen LogP contribution in [0.3, 0.4) is 0 Å². The van der Waals surface area contributed by atoms with Gasteiger partial charge in [-0.2, -0.15) is 8.78 Å². The van der Waals surface area contributed by atoms with Crippen molar-refractivity contribution >= 4 is 22.9 Å². The van der Waals surface area contributed by atoms with Crippen LogP contribution in [0.1, 0.15) is 49.6 Å². The number of amides is 1. The van der Waals surface area contributed by atoms with Gasteiger partial charge in [0.05, 0.1) is 18.1 Å². The minimum atomic E-state index is -2.85. The molecular formula is C23H25F2N3O4. The Balaban J connectivity index is 1.78. The smallest absolute Gasteiger partial charge is 0.329 e. The normalized spacial score (nSPS) is 13.2. The van der Waals surface area contributed by atoms with E-state index in [0.29, 0.717) is 16.8 Å². The Bertz CT molecular complexity index is 1100. The number of benzene rings is 2. The number of carbonyl (C=O) groups is 2. The number of esters is 1. The summed E-state index contributed by atoms with van der Waals surface area (Å²) in [5.74, 6) is -0.973. The Hall–Kier alpha value is -3.49. The summed E-state index contributed by atoms with van der Waals surface area (Å²) in [6, 6.07) is 11.9. The predicted molar refractivity (Wildman–Crippen MR) is 115 cm³/mol. The lowest BCUT2D eigenvalue weighted by atomic mass is 10.0. The third kappa shape index (κ3) is 4.87. The second kappa shape index (κ2) is 9.76. The zero-order valence-electron chi connectivity index (χ0n) is 18.2. The van der Waals surface area contributed by atoms with Crippen molar-refractivity contribution in [2.24, 2.45) is 5.92 Å². The van der Waals surface area contributed by atoms with Crippen LogP contribution in [0.15, 0.2) is 48.5 Å². The van der Waals surface area contributed by atoms with Gasteiger partial charge >= 0.3 is 12.5 Å². The van der Waals surface area contributed by atoms with Crippen molar-refractivity contribution < 1.29 is 27.8 Å². The standard InChI is InChI=1S/C23H25F2N3O4/c1-13(2)19(27-21(29)15-9-11-16(31-4)12-10-15)22(30)32-14(3)20-26-17-7-5-6-8-18(17)28(20)23(24)25/h5-14,19,23H,1-4H3,(H,27,29). The van der Waals surface area contributed by atoms with Gasteiger partial charge in [-0.3, -0.25) is 9.36 Å². The highest BCUT2D eigenvalue weighted by Gasteiger charge is 2.30. The number of rotatable bonds is 8. The molecule has 1 aromatic heterocycles. The van der Waals surface area contributed by atoms with E-state index in [2.05, 4.69) is 10.3 Å². The molecule has 32 heavy (non-hydrogen) atoms. The monoisotopic (exact) mass is 445 g/mol. The number of halogens is 2. The number of nitrogens with zero attached hydrogens (tertiary/aromatic N) is 2. The average molecular weight is 445 g/mol. The van der Waals surface area contributed by atoms with Gasteiger partial charge in [-0.05, 0) is 49.2 Å². The van der Waals surface area contributed by atoms with Crippen LogP contribution in [-0.4, -0.2) is 34.6 Å². The Morgan fingerprint density at radius 3 is 2.28 bits per heavy atom. The van der Waals surface area contributed by atoms with Gasteiger partial charge in [-0.1, -0.05) is 26.0 Å². The van der Waals surface area contributed by atoms with Crippen LogP contribution >= 0.6 is 0 Å². The Morgan fingerprint density at radius 1 is 1.03 bits per heavy atom. The minimum absolute atomic E-state index is 0.0708. The summed E-state index contributed by atoms with van der Waals surface area (Å²) < 4.78 is 38.7. The van der Waals surface area contributed by atoms with Gasteiger partial charge in [0.1, 0.15) is 11.8 Å². The zero-order valence-corrected chi connectivity index (χ0v) is 18.2. The van der Waals surface area contributed by atoms with E-state index in [9.17, 15) is 18.4 Å². The molecule has 0 radical (unpaired) electrons. The molecule has 2 unspecified atom stereocenters. The molecule has 3 aromatic rings. The van der Waals surface area contributed by atoms with E-state index in [-0.39, 0.29) is 17.3 Å². The molecule has 0 fully saturated rings. The summed E-state index contributed by atoms with van der Waals surface area (Å²) in [6.07, 6.45) is -1.05. The maximum Gasteiger partial charge on any atom is 0.329 e. The first-order valence-electron chi connectivity index (χ1n) is 10.1. The molecular weight excluding hydrogens is 420 g/mol. The first kappa shape index (κ1) is 23.2. The van der Waals surface area contributed by atoms with Crippen LogP contribution in [0.2, 0.25) is 0 Å². The first-order valence-corrected chi connectivity index (χ1v) is 10.1. The van der Waals surface area contributed by atoms with Crippen molar-refractivity contribution in [1.29, 1.82) is 0 Å². The summed E-state index contributed by atoms with van der Waals surface area (Å²) in [7, 11) is 1.52. The van der Waals surface area contributed by atoms with Crippen molar-refractivity contribution in [1.82, 2.24) is 14.9 Å². The van der Waals surface area contributed by atoms with E-state index in [4.69, 9.17) is 9.47 Å². The number of ether oxygens (including phenoxy) is 2. The number of methoxy groups -OCH3 is 1. The molecule has 0 bridgehead atoms. The fourth-order valence-electron chi connectivity index (χ4n) is 3.32. The molecule has 9 heteroatoms. The van der Waals surface area contributed by atoms with Crippen LogP contribution in [0, 0.1) is 5.92 Å². The number of nitrogens with one attached hydrogen (secondary N) is 1. The van der Waals surface area contributed by atoms with Crippen molar-refractivity contribution in [3.05, 3.63) is 59.9 Å². The average Bonchev–Trinajstić information content (AvgIpc) is 3.17. The molecule has 0 saturated heterocycles. The quantitative estimate of drug-likeness (QED) is 0.517. The molecule has 1 heterocycles. The van der Waals surface area contributed by atoms with Crippen molar-refractivity contribution in [2.75, 3.05) is 7.11 Å². The highest BCUT2D eigenvalue weighted by atomic mass is 19.3. The molecule has 3 rings (SSSR count). The molecule has 2 atom stereocenters. The fourth-order valence-corrected chi connectivity index (χ4v) is 3.32. The number of para-hydroxylation sites is 2. The zero-order chi connectivity index (χ0) is 23.4. The fraction of sp³-hybridized carbons (Fsp3) is 0.348. The maximum absolute atomic E-state index is 13.7. The Kier molecular flexibility index (Phi) is 7.07. The topological polar surface area (TPSA) is 82.4 Å². The predicted octanol–water partition coefficient (Wildman–Crippen LogP) is 4.50. The van der Waals surface area contributed by atoms with Gasteiger partial charge < -0.3 is 14.8 Å². The van der Waals surface area contributed by atoms with Crippen molar-refractivity contribution in [3.63, 3.8) is 0 Å². The van der Waals surface area contributed by atoms with E-state index in [1.165, 1.54) is 20.1 Å². The number of imidazole rings is 1. The number of hydrogen-bond acceptors (Lipinski definition) is 5. The highest BCUT2D eigenvalue weighted by Crippen LogP contribution is 2.28. The van der Waals surface area contributed by atoms with Crippen LogP contribution in [0.5, 0.6) is 5.75 Å². The second-order valence-electron chi connectivity index (χ2n) is 7.61. The lowest BCUT2D eigenvalue weighted by Gasteiger charge is -2.23. The van der Waals surface area contributed by atoms with Crippen LogP contribution in [0.25, 0.3) is 11.0 Å². The number of carbonyl (C=O) groups excluding carboxylic acids is 2.